The maximum absolute atomic E-state index is 12.4. The van der Waals surface area contributed by atoms with Gasteiger partial charge in [-0.05, 0) is 30.9 Å². The van der Waals surface area contributed by atoms with Crippen molar-refractivity contribution in [1.29, 1.82) is 5.26 Å². The van der Waals surface area contributed by atoms with Crippen LogP contribution in [0, 0.1) is 22.7 Å². The van der Waals surface area contributed by atoms with Crippen LogP contribution < -0.4 is 0 Å². The van der Waals surface area contributed by atoms with Crippen LogP contribution >= 0.6 is 0 Å². The molecule has 0 heterocycles. The van der Waals surface area contributed by atoms with E-state index in [4.69, 9.17) is 5.26 Å². The molecule has 4 nitrogen and oxygen atoms in total. The minimum Gasteiger partial charge on any atom is -0.376 e. The fraction of sp³-hybridized carbons (Fsp3) is 0.583. The molecule has 0 saturated heterocycles. The standard InChI is InChI=1S/C12H12F3NO3S/c1-11-6-2-3-10(9(11)5-4-8(11)7-16)19-20(17,18)12(13,14)15/h3,5,8H,2,4,6H2,1H3/t8-,11-/m1/s1. The van der Waals surface area contributed by atoms with Crippen molar-refractivity contribution in [2.24, 2.45) is 11.3 Å². The third-order valence-corrected chi connectivity index (χ3v) is 4.81. The second-order valence-electron chi connectivity index (χ2n) is 5.04. The Morgan fingerprint density at radius 1 is 1.45 bits per heavy atom. The van der Waals surface area contributed by atoms with Gasteiger partial charge in [0.05, 0.1) is 12.0 Å². The maximum Gasteiger partial charge on any atom is 0.534 e. The van der Waals surface area contributed by atoms with Crippen LogP contribution in [0.4, 0.5) is 13.2 Å². The van der Waals surface area contributed by atoms with E-state index in [1.807, 2.05) is 0 Å². The summed E-state index contributed by atoms with van der Waals surface area (Å²) in [5.41, 5.74) is -5.74. The number of halogens is 3. The lowest BCUT2D eigenvalue weighted by atomic mass is 9.70. The fourth-order valence-electron chi connectivity index (χ4n) is 2.66. The molecule has 110 valence electrons. The highest BCUT2D eigenvalue weighted by Crippen LogP contribution is 2.52. The topological polar surface area (TPSA) is 67.2 Å². The zero-order chi connectivity index (χ0) is 15.2. The van der Waals surface area contributed by atoms with Crippen LogP contribution in [0.15, 0.2) is 23.5 Å². The van der Waals surface area contributed by atoms with E-state index in [1.54, 1.807) is 13.0 Å². The number of hydrogen-bond acceptors (Lipinski definition) is 4. The summed E-state index contributed by atoms with van der Waals surface area (Å²) in [5, 5.41) is 9.08. The van der Waals surface area contributed by atoms with Crippen LogP contribution in [-0.2, 0) is 14.3 Å². The molecule has 0 N–H and O–H groups in total. The number of nitrogens with zero attached hydrogens (tertiary/aromatic N) is 1. The summed E-state index contributed by atoms with van der Waals surface area (Å²) >= 11 is 0. The molecule has 2 rings (SSSR count). The van der Waals surface area contributed by atoms with Gasteiger partial charge in [0.25, 0.3) is 0 Å². The van der Waals surface area contributed by atoms with Gasteiger partial charge in [0.1, 0.15) is 5.76 Å². The number of allylic oxidation sites excluding steroid dienone is 3. The molecular formula is C12H12F3NO3S. The van der Waals surface area contributed by atoms with Crippen molar-refractivity contribution in [2.45, 2.75) is 31.7 Å². The predicted molar refractivity (Wildman–Crippen MR) is 63.3 cm³/mol. The molecule has 0 amide bonds. The molecule has 0 aromatic rings. The van der Waals surface area contributed by atoms with Gasteiger partial charge in [-0.3, -0.25) is 0 Å². The molecule has 2 aliphatic rings. The lowest BCUT2D eigenvalue weighted by Crippen LogP contribution is -2.31. The van der Waals surface area contributed by atoms with Gasteiger partial charge in [-0.2, -0.15) is 26.9 Å². The first kappa shape index (κ1) is 14.9. The van der Waals surface area contributed by atoms with Crippen molar-refractivity contribution in [2.75, 3.05) is 0 Å². The van der Waals surface area contributed by atoms with Crippen molar-refractivity contribution in [1.82, 2.24) is 0 Å². The normalized spacial score (nSPS) is 30.1. The summed E-state index contributed by atoms with van der Waals surface area (Å²) in [6.07, 6.45) is 4.25. The molecule has 2 aliphatic carbocycles. The zero-order valence-corrected chi connectivity index (χ0v) is 11.4. The Labute approximate surface area is 114 Å². The molecule has 20 heavy (non-hydrogen) atoms. The molecule has 8 heteroatoms. The summed E-state index contributed by atoms with van der Waals surface area (Å²) in [5.74, 6) is -0.674. The summed E-state index contributed by atoms with van der Waals surface area (Å²) in [4.78, 5) is 0. The summed E-state index contributed by atoms with van der Waals surface area (Å²) < 4.78 is 63.5. The minimum absolute atomic E-state index is 0.297. The van der Waals surface area contributed by atoms with E-state index in [-0.39, 0.29) is 11.7 Å². The lowest BCUT2D eigenvalue weighted by Gasteiger charge is -2.34. The Hall–Kier alpha value is -1.49. The molecule has 0 bridgehead atoms. The number of rotatable bonds is 2. The molecule has 2 atom stereocenters. The molecule has 0 spiro atoms. The first-order chi connectivity index (χ1) is 9.12. The smallest absolute Gasteiger partial charge is 0.376 e. The van der Waals surface area contributed by atoms with Crippen LogP contribution in [0.1, 0.15) is 26.2 Å². The Morgan fingerprint density at radius 3 is 2.65 bits per heavy atom. The maximum atomic E-state index is 12.4. The highest BCUT2D eigenvalue weighted by Gasteiger charge is 2.51. The third-order valence-electron chi connectivity index (χ3n) is 3.84. The molecule has 0 aromatic heterocycles. The van der Waals surface area contributed by atoms with Crippen molar-refractivity contribution >= 4 is 10.1 Å². The van der Waals surface area contributed by atoms with Gasteiger partial charge in [0.2, 0.25) is 0 Å². The Bertz CT molecular complexity index is 627. The number of hydrogen-bond donors (Lipinski definition) is 0. The van der Waals surface area contributed by atoms with Crippen molar-refractivity contribution < 1.29 is 25.8 Å². The van der Waals surface area contributed by atoms with Gasteiger partial charge in [-0.25, -0.2) is 0 Å². The van der Waals surface area contributed by atoms with Crippen molar-refractivity contribution in [3.8, 4) is 6.07 Å². The van der Waals surface area contributed by atoms with Crippen molar-refractivity contribution in [3.63, 3.8) is 0 Å². The van der Waals surface area contributed by atoms with E-state index in [1.165, 1.54) is 6.08 Å². The average molecular weight is 307 g/mol. The van der Waals surface area contributed by atoms with E-state index in [9.17, 15) is 21.6 Å². The zero-order valence-electron chi connectivity index (χ0n) is 10.6. The van der Waals surface area contributed by atoms with Crippen LogP contribution in [-0.4, -0.2) is 13.9 Å². The number of nitriles is 1. The third kappa shape index (κ3) is 2.20. The van der Waals surface area contributed by atoms with Crippen molar-refractivity contribution in [3.05, 3.63) is 23.5 Å². The molecule has 0 unspecified atom stereocenters. The van der Waals surface area contributed by atoms with Crippen LogP contribution in [0.5, 0.6) is 0 Å². The van der Waals surface area contributed by atoms with E-state index in [2.05, 4.69) is 10.3 Å². The molecule has 0 aromatic carbocycles. The van der Waals surface area contributed by atoms with Gasteiger partial charge in [0.15, 0.2) is 0 Å². The van der Waals surface area contributed by atoms with E-state index < -0.39 is 21.0 Å². The Morgan fingerprint density at radius 2 is 2.10 bits per heavy atom. The van der Waals surface area contributed by atoms with E-state index in [0.29, 0.717) is 24.8 Å². The first-order valence-electron chi connectivity index (χ1n) is 5.93. The second kappa shape index (κ2) is 4.52. The fourth-order valence-corrected chi connectivity index (χ4v) is 3.15. The van der Waals surface area contributed by atoms with Gasteiger partial charge in [-0.1, -0.05) is 13.0 Å². The molecule has 0 aliphatic heterocycles. The van der Waals surface area contributed by atoms with Crippen LogP contribution in [0.25, 0.3) is 0 Å². The van der Waals surface area contributed by atoms with Crippen LogP contribution in [0.2, 0.25) is 0 Å². The van der Waals surface area contributed by atoms with Gasteiger partial charge >= 0.3 is 15.6 Å². The lowest BCUT2D eigenvalue weighted by molar-refractivity contribution is -0.0522. The Kier molecular flexibility index (Phi) is 3.37. The van der Waals surface area contributed by atoms with Gasteiger partial charge in [-0.15, -0.1) is 0 Å². The second-order valence-corrected chi connectivity index (χ2v) is 6.58. The van der Waals surface area contributed by atoms with Gasteiger partial charge in [0, 0.05) is 5.41 Å². The summed E-state index contributed by atoms with van der Waals surface area (Å²) in [7, 11) is -5.68. The van der Waals surface area contributed by atoms with Gasteiger partial charge < -0.3 is 4.18 Å². The molecule has 0 saturated carbocycles. The van der Waals surface area contributed by atoms with E-state index in [0.717, 1.165) is 0 Å². The SMILES string of the molecule is C[C@]12CCC=C(OS(=O)(=O)C(F)(F)F)C1=CC[C@@H]2C#N. The molecule has 0 fully saturated rings. The highest BCUT2D eigenvalue weighted by molar-refractivity contribution is 7.87. The predicted octanol–water partition coefficient (Wildman–Crippen LogP) is 3.01. The average Bonchev–Trinajstić information content (AvgIpc) is 2.64. The molecular weight excluding hydrogens is 295 g/mol. The van der Waals surface area contributed by atoms with E-state index >= 15 is 0 Å². The molecule has 0 radical (unpaired) electrons. The summed E-state index contributed by atoms with van der Waals surface area (Å²) in [6.45, 7) is 1.75. The largest absolute Gasteiger partial charge is 0.534 e. The summed E-state index contributed by atoms with van der Waals surface area (Å²) in [6, 6.07) is 2.11. The first-order valence-corrected chi connectivity index (χ1v) is 7.34. The quantitative estimate of drug-likeness (QED) is 0.581. The number of alkyl halides is 3. The van der Waals surface area contributed by atoms with Crippen LogP contribution in [0.3, 0.4) is 0 Å². The monoisotopic (exact) mass is 307 g/mol. The minimum atomic E-state index is -5.68. The highest BCUT2D eigenvalue weighted by atomic mass is 32.2. The number of fused-ring (bicyclic) bond motifs is 1. The Balaban J connectivity index is 2.33.